The molecule has 6 rings (SSSR count). The summed E-state index contributed by atoms with van der Waals surface area (Å²) in [6.07, 6.45) is 1.77. The molecule has 0 unspecified atom stereocenters. The van der Waals surface area contributed by atoms with E-state index < -0.39 is 64.2 Å². The van der Waals surface area contributed by atoms with Crippen LogP contribution in [-0.4, -0.2) is 73.1 Å². The first-order valence-corrected chi connectivity index (χ1v) is 15.0. The minimum Gasteiger partial charge on any atom is -0.508 e. The number of benzene rings is 2. The molecule has 2 aliphatic carbocycles. The van der Waals surface area contributed by atoms with Crippen molar-refractivity contribution >= 4 is 81.0 Å². The molecule has 0 aromatic heterocycles. The lowest BCUT2D eigenvalue weighted by Gasteiger charge is -2.50. The van der Waals surface area contributed by atoms with Crippen LogP contribution in [0.1, 0.15) is 24.3 Å². The Kier molecular flexibility index (Phi) is 7.01. The maximum absolute atomic E-state index is 14.1. The summed E-state index contributed by atoms with van der Waals surface area (Å²) in [4.78, 5) is 53.4. The lowest BCUT2D eigenvalue weighted by atomic mass is 9.56. The number of amides is 4. The standard InChI is InChI=1S/C28H24BBrCl2N2O8/c1-42-20-10-15(35)5-6-17(20)22-16-7-8-18-21(19(16)11-27(31)25(38)33(12-30)26(39)28(22,27)32)24(37)34(23(18)36)14-4-2-3-13(9-14)29(40)41/h2-7,9-10,18-19,21-22,35,40-41H,8,11-12H2,1H3/t18-,19+,21-,22+,27+,28-/m0/s1. The van der Waals surface area contributed by atoms with Gasteiger partial charge in [0.1, 0.15) is 11.5 Å². The van der Waals surface area contributed by atoms with Gasteiger partial charge in [0.2, 0.25) is 11.8 Å². The van der Waals surface area contributed by atoms with Gasteiger partial charge in [-0.2, -0.15) is 0 Å². The Labute approximate surface area is 259 Å². The van der Waals surface area contributed by atoms with Gasteiger partial charge in [-0.1, -0.05) is 45.8 Å². The molecular formula is C28H24BBrCl2N2O8. The molecule has 2 aromatic rings. The van der Waals surface area contributed by atoms with Gasteiger partial charge in [-0.15, -0.1) is 23.2 Å². The van der Waals surface area contributed by atoms with Crippen LogP contribution in [0, 0.1) is 17.8 Å². The zero-order chi connectivity index (χ0) is 30.3. The third-order valence-electron chi connectivity index (χ3n) is 8.97. The van der Waals surface area contributed by atoms with Crippen LogP contribution in [0.2, 0.25) is 0 Å². The Morgan fingerprint density at radius 2 is 1.79 bits per heavy atom. The number of likely N-dealkylation sites (tertiary alicyclic amines) is 1. The highest BCUT2D eigenvalue weighted by Crippen LogP contribution is 2.66. The topological polar surface area (TPSA) is 145 Å². The Hall–Kier alpha value is -2.90. The van der Waals surface area contributed by atoms with Crippen molar-refractivity contribution in [3.8, 4) is 11.5 Å². The summed E-state index contributed by atoms with van der Waals surface area (Å²) in [7, 11) is -0.413. The maximum Gasteiger partial charge on any atom is 0.488 e. The number of hydrogen-bond acceptors (Lipinski definition) is 8. The fourth-order valence-corrected chi connectivity index (χ4v) is 8.53. The molecule has 3 fully saturated rings. The van der Waals surface area contributed by atoms with Gasteiger partial charge < -0.3 is 19.9 Å². The van der Waals surface area contributed by atoms with E-state index in [-0.39, 0.29) is 40.9 Å². The van der Waals surface area contributed by atoms with E-state index in [0.29, 0.717) is 11.1 Å². The summed E-state index contributed by atoms with van der Waals surface area (Å²) in [5, 5.41) is 29.4. The van der Waals surface area contributed by atoms with E-state index >= 15 is 0 Å². The monoisotopic (exact) mass is 676 g/mol. The second-order valence-corrected chi connectivity index (χ2v) is 12.6. The number of phenols is 1. The lowest BCUT2D eigenvalue weighted by molar-refractivity contribution is -0.138. The number of allylic oxidation sites excluding steroid dienone is 2. The Morgan fingerprint density at radius 1 is 1.05 bits per heavy atom. The quantitative estimate of drug-likeness (QED) is 0.143. The smallest absolute Gasteiger partial charge is 0.488 e. The largest absolute Gasteiger partial charge is 0.508 e. The van der Waals surface area contributed by atoms with E-state index in [1.165, 1.54) is 43.5 Å². The van der Waals surface area contributed by atoms with Crippen LogP contribution in [0.4, 0.5) is 5.69 Å². The van der Waals surface area contributed by atoms with Crippen molar-refractivity contribution in [2.24, 2.45) is 17.8 Å². The number of hydrogen-bond donors (Lipinski definition) is 3. The summed E-state index contributed by atoms with van der Waals surface area (Å²) in [6.45, 7) is 0. The molecule has 14 heteroatoms. The number of phenolic OH excluding ortho intramolecular Hbond substituents is 1. The van der Waals surface area contributed by atoms with Gasteiger partial charge in [-0.05, 0) is 42.4 Å². The van der Waals surface area contributed by atoms with Crippen molar-refractivity contribution < 1.29 is 39.1 Å². The molecule has 0 radical (unpaired) electrons. The average molecular weight is 678 g/mol. The highest BCUT2D eigenvalue weighted by Gasteiger charge is 2.76. The fourth-order valence-electron chi connectivity index (χ4n) is 7.12. The van der Waals surface area contributed by atoms with E-state index in [9.17, 15) is 34.3 Å². The van der Waals surface area contributed by atoms with E-state index in [4.69, 9.17) is 27.9 Å². The summed E-state index contributed by atoms with van der Waals surface area (Å²) in [5.74, 6) is -5.82. The van der Waals surface area contributed by atoms with Crippen molar-refractivity contribution in [1.29, 1.82) is 0 Å². The highest BCUT2D eigenvalue weighted by atomic mass is 79.9. The van der Waals surface area contributed by atoms with Crippen LogP contribution in [0.25, 0.3) is 0 Å². The summed E-state index contributed by atoms with van der Waals surface area (Å²) in [5.41, 5.74) is 1.10. The minimum absolute atomic E-state index is 0.0975. The lowest BCUT2D eigenvalue weighted by Crippen LogP contribution is -2.60. The third-order valence-corrected chi connectivity index (χ3v) is 10.9. The molecule has 6 atom stereocenters. The van der Waals surface area contributed by atoms with Gasteiger partial charge in [-0.3, -0.25) is 29.0 Å². The van der Waals surface area contributed by atoms with Crippen LogP contribution in [0.15, 0.2) is 54.1 Å². The predicted octanol–water partition coefficient (Wildman–Crippen LogP) is 2.00. The number of alkyl halides is 3. The summed E-state index contributed by atoms with van der Waals surface area (Å²) < 4.78 is 5.55. The van der Waals surface area contributed by atoms with Crippen LogP contribution in [0.3, 0.4) is 0 Å². The summed E-state index contributed by atoms with van der Waals surface area (Å²) >= 11 is 17.6. The number of halogens is 3. The Balaban J connectivity index is 1.52. The highest BCUT2D eigenvalue weighted by molar-refractivity contribution is 9.09. The van der Waals surface area contributed by atoms with E-state index in [2.05, 4.69) is 15.9 Å². The molecule has 0 spiro atoms. The van der Waals surface area contributed by atoms with Crippen molar-refractivity contribution in [3.05, 3.63) is 59.7 Å². The first kappa shape index (κ1) is 29.2. The number of carbonyl (C=O) groups excluding carboxylic acids is 4. The summed E-state index contributed by atoms with van der Waals surface area (Å²) in [6, 6.07) is 10.2. The number of carbonyl (C=O) groups is 4. The molecule has 10 nitrogen and oxygen atoms in total. The number of fused-ring (bicyclic) bond motifs is 4. The number of nitrogens with zero attached hydrogens (tertiary/aromatic N) is 2. The molecule has 42 heavy (non-hydrogen) atoms. The number of anilines is 1. The number of rotatable bonds is 5. The van der Waals surface area contributed by atoms with Gasteiger partial charge in [0, 0.05) is 17.5 Å². The zero-order valence-corrected chi connectivity index (χ0v) is 25.1. The normalized spacial score (nSPS) is 32.0. The Morgan fingerprint density at radius 3 is 2.45 bits per heavy atom. The van der Waals surface area contributed by atoms with Gasteiger partial charge in [-0.25, -0.2) is 0 Å². The van der Waals surface area contributed by atoms with Gasteiger partial charge >= 0.3 is 7.12 Å². The van der Waals surface area contributed by atoms with E-state index in [0.717, 1.165) is 9.80 Å². The molecule has 1 saturated carbocycles. The van der Waals surface area contributed by atoms with Crippen molar-refractivity contribution in [2.75, 3.05) is 17.5 Å². The van der Waals surface area contributed by atoms with Crippen LogP contribution < -0.4 is 15.1 Å². The number of ether oxygens (including phenoxy) is 1. The number of aromatic hydroxyl groups is 1. The SMILES string of the molecule is COc1cc(O)ccc1[C@H]1C2=CC[C@@H]3C(=O)N(c4cccc(B(O)O)c4)C(=O)[C@@H]3[C@@H]2C[C@@]2(Cl)C(=O)N(CBr)C(=O)[C@@]12Cl. The second kappa shape index (κ2) is 10.1. The molecule has 0 bridgehead atoms. The predicted molar refractivity (Wildman–Crippen MR) is 157 cm³/mol. The van der Waals surface area contributed by atoms with E-state index in [1.54, 1.807) is 12.1 Å². The van der Waals surface area contributed by atoms with Gasteiger partial charge in [0.05, 0.1) is 30.1 Å². The number of imide groups is 2. The molecule has 2 saturated heterocycles. The average Bonchev–Trinajstić information content (AvgIpc) is 3.31. The zero-order valence-electron chi connectivity index (χ0n) is 22.0. The Bertz CT molecular complexity index is 1590. The first-order valence-electron chi connectivity index (χ1n) is 13.1. The molecule has 2 aliphatic heterocycles. The maximum atomic E-state index is 14.1. The molecular weight excluding hydrogens is 654 g/mol. The molecule has 2 heterocycles. The minimum atomic E-state index is -2.00. The van der Waals surface area contributed by atoms with Crippen LogP contribution in [-0.2, 0) is 19.2 Å². The molecule has 218 valence electrons. The second-order valence-electron chi connectivity index (χ2n) is 10.9. The first-order chi connectivity index (χ1) is 19.9. The molecule has 2 aromatic carbocycles. The van der Waals surface area contributed by atoms with Crippen molar-refractivity contribution in [2.45, 2.75) is 28.5 Å². The molecule has 4 amide bonds. The van der Waals surface area contributed by atoms with Gasteiger partial charge in [0.15, 0.2) is 9.75 Å². The fraction of sp³-hybridized carbons (Fsp3) is 0.357. The van der Waals surface area contributed by atoms with Crippen molar-refractivity contribution in [3.63, 3.8) is 0 Å². The number of methoxy groups -OCH3 is 1. The third kappa shape index (κ3) is 3.78. The van der Waals surface area contributed by atoms with Gasteiger partial charge in [0.25, 0.3) is 11.8 Å². The molecule has 4 aliphatic rings. The van der Waals surface area contributed by atoms with E-state index in [1.807, 2.05) is 0 Å². The molecule has 3 N–H and O–H groups in total. The van der Waals surface area contributed by atoms with Crippen LogP contribution >= 0.6 is 39.1 Å². The van der Waals surface area contributed by atoms with Crippen molar-refractivity contribution in [1.82, 2.24) is 4.90 Å². The van der Waals surface area contributed by atoms with Crippen LogP contribution in [0.5, 0.6) is 11.5 Å².